The Morgan fingerprint density at radius 1 is 1.45 bits per heavy atom. The first-order chi connectivity index (χ1) is 9.51. The van der Waals surface area contributed by atoms with Crippen LogP contribution in [0.25, 0.3) is 0 Å². The van der Waals surface area contributed by atoms with Gasteiger partial charge in [0.25, 0.3) is 0 Å². The molecule has 0 aliphatic heterocycles. The van der Waals surface area contributed by atoms with Gasteiger partial charge in [0.05, 0.1) is 4.90 Å². The molecule has 110 valence electrons. The highest BCUT2D eigenvalue weighted by Crippen LogP contribution is 2.18. The van der Waals surface area contributed by atoms with Crippen LogP contribution in [0, 0.1) is 6.92 Å². The predicted octanol–water partition coefficient (Wildman–Crippen LogP) is 0.680. The predicted molar refractivity (Wildman–Crippen MR) is 75.0 cm³/mol. The van der Waals surface area contributed by atoms with Crippen molar-refractivity contribution >= 4 is 21.4 Å². The molecule has 0 aliphatic rings. The Kier molecular flexibility index (Phi) is 4.86. The highest BCUT2D eigenvalue weighted by molar-refractivity contribution is 7.89. The van der Waals surface area contributed by atoms with Gasteiger partial charge < -0.3 is 9.84 Å². The maximum Gasteiger partial charge on any atom is 0.241 e. The fourth-order valence-electron chi connectivity index (χ4n) is 1.59. The van der Waals surface area contributed by atoms with Crippen molar-refractivity contribution in [3.63, 3.8) is 0 Å². The van der Waals surface area contributed by atoms with Crippen molar-refractivity contribution in [1.29, 1.82) is 0 Å². The molecule has 0 bridgehead atoms. The molecule has 0 radical (unpaired) electrons. The van der Waals surface area contributed by atoms with Gasteiger partial charge in [-0.1, -0.05) is 5.16 Å². The molecule has 2 aromatic rings. The molecule has 2 N–H and O–H groups in total. The summed E-state index contributed by atoms with van der Waals surface area (Å²) in [5.74, 6) is 0.962. The van der Waals surface area contributed by atoms with Crippen molar-refractivity contribution < 1.29 is 12.9 Å². The summed E-state index contributed by atoms with van der Waals surface area (Å²) in [7, 11) is -1.66. The van der Waals surface area contributed by atoms with Crippen LogP contribution in [0.5, 0.6) is 0 Å². The number of sulfonamides is 1. The summed E-state index contributed by atoms with van der Waals surface area (Å²) in [5, 5.41) is 8.26. The largest absolute Gasteiger partial charge is 0.339 e. The molecule has 0 saturated carbocycles. The number of hydrogen-bond donors (Lipinski definition) is 2. The van der Waals surface area contributed by atoms with Gasteiger partial charge >= 0.3 is 0 Å². The second-order valence-corrected chi connectivity index (χ2v) is 6.92. The summed E-state index contributed by atoms with van der Waals surface area (Å²) in [5.41, 5.74) is 0. The number of nitrogens with zero attached hydrogens (tertiary/aromatic N) is 2. The van der Waals surface area contributed by atoms with E-state index in [-0.39, 0.29) is 11.4 Å². The molecule has 0 aromatic carbocycles. The normalized spacial score (nSPS) is 11.9. The third-order valence-electron chi connectivity index (χ3n) is 2.49. The van der Waals surface area contributed by atoms with Gasteiger partial charge in [0, 0.05) is 29.8 Å². The van der Waals surface area contributed by atoms with Gasteiger partial charge in [-0.2, -0.15) is 4.98 Å². The molecule has 0 aliphatic carbocycles. The van der Waals surface area contributed by atoms with Crippen LogP contribution in [0.3, 0.4) is 0 Å². The topological polar surface area (TPSA) is 97.1 Å². The first-order valence-corrected chi connectivity index (χ1v) is 8.38. The van der Waals surface area contributed by atoms with E-state index < -0.39 is 10.0 Å². The average molecular weight is 316 g/mol. The van der Waals surface area contributed by atoms with Crippen LogP contribution in [0.4, 0.5) is 0 Å². The molecule has 2 aromatic heterocycles. The Labute approximate surface area is 121 Å². The molecule has 2 heterocycles. The lowest BCUT2D eigenvalue weighted by molar-refractivity contribution is 0.375. The number of aryl methyl sites for hydroxylation is 1. The maximum absolute atomic E-state index is 12.1. The standard InChI is InChI=1S/C11H16N4O3S2/c1-8-14-11(18-15-8)3-4-13-20(16,17)10-5-9(6-12-2)19-7-10/h5,7,12-13H,3-4,6H2,1-2H3. The van der Waals surface area contributed by atoms with Crippen LogP contribution in [0.15, 0.2) is 20.9 Å². The number of rotatable bonds is 7. The third-order valence-corrected chi connectivity index (χ3v) is 5.02. The van der Waals surface area contributed by atoms with Crippen molar-refractivity contribution in [2.24, 2.45) is 0 Å². The van der Waals surface area contributed by atoms with Crippen LogP contribution in [0.1, 0.15) is 16.6 Å². The third kappa shape index (κ3) is 3.85. The van der Waals surface area contributed by atoms with Gasteiger partial charge in [0.1, 0.15) is 0 Å². The first kappa shape index (κ1) is 15.1. The lowest BCUT2D eigenvalue weighted by atomic mass is 10.4. The number of hydrogen-bond acceptors (Lipinski definition) is 7. The van der Waals surface area contributed by atoms with E-state index in [1.165, 1.54) is 11.3 Å². The van der Waals surface area contributed by atoms with Crippen molar-refractivity contribution in [3.05, 3.63) is 28.0 Å². The lowest BCUT2D eigenvalue weighted by Gasteiger charge is -2.02. The minimum Gasteiger partial charge on any atom is -0.339 e. The Balaban J connectivity index is 1.92. The summed E-state index contributed by atoms with van der Waals surface area (Å²) in [6.07, 6.45) is 0.369. The van der Waals surface area contributed by atoms with Crippen LogP contribution in [-0.2, 0) is 23.0 Å². The molecule has 0 spiro atoms. The number of aromatic nitrogens is 2. The van der Waals surface area contributed by atoms with Gasteiger partial charge in [0.2, 0.25) is 15.9 Å². The van der Waals surface area contributed by atoms with E-state index in [2.05, 4.69) is 20.2 Å². The molecule has 0 amide bonds. The SMILES string of the molecule is CNCc1cc(S(=O)(=O)NCCc2nc(C)no2)cs1. The molecule has 0 atom stereocenters. The van der Waals surface area contributed by atoms with Gasteiger partial charge in [-0.3, -0.25) is 0 Å². The fourth-order valence-corrected chi connectivity index (χ4v) is 3.90. The monoisotopic (exact) mass is 316 g/mol. The Morgan fingerprint density at radius 3 is 2.90 bits per heavy atom. The minimum atomic E-state index is -3.48. The van der Waals surface area contributed by atoms with E-state index in [9.17, 15) is 8.42 Å². The quantitative estimate of drug-likeness (QED) is 0.779. The van der Waals surface area contributed by atoms with Crippen molar-refractivity contribution in [3.8, 4) is 0 Å². The van der Waals surface area contributed by atoms with Crippen molar-refractivity contribution in [2.45, 2.75) is 24.8 Å². The zero-order valence-electron chi connectivity index (χ0n) is 11.2. The first-order valence-electron chi connectivity index (χ1n) is 6.02. The van der Waals surface area contributed by atoms with Gasteiger partial charge in [-0.15, -0.1) is 11.3 Å². The lowest BCUT2D eigenvalue weighted by Crippen LogP contribution is -2.25. The van der Waals surface area contributed by atoms with Crippen LogP contribution >= 0.6 is 11.3 Å². The van der Waals surface area contributed by atoms with Crippen molar-refractivity contribution in [1.82, 2.24) is 20.2 Å². The van der Waals surface area contributed by atoms with Gasteiger partial charge in [-0.05, 0) is 20.0 Å². The fraction of sp³-hybridized carbons (Fsp3) is 0.455. The van der Waals surface area contributed by atoms with E-state index in [0.29, 0.717) is 24.7 Å². The average Bonchev–Trinajstić information content (AvgIpc) is 2.99. The highest BCUT2D eigenvalue weighted by Gasteiger charge is 2.16. The molecule has 2 rings (SSSR count). The second-order valence-electron chi connectivity index (χ2n) is 4.16. The zero-order chi connectivity index (χ0) is 14.6. The van der Waals surface area contributed by atoms with Crippen LogP contribution in [0.2, 0.25) is 0 Å². The smallest absolute Gasteiger partial charge is 0.241 e. The molecule has 0 fully saturated rings. The summed E-state index contributed by atoms with van der Waals surface area (Å²) in [4.78, 5) is 5.27. The maximum atomic E-state index is 12.1. The molecular formula is C11H16N4O3S2. The van der Waals surface area contributed by atoms with Crippen LogP contribution < -0.4 is 10.0 Å². The molecule has 7 nitrogen and oxygen atoms in total. The Bertz CT molecular complexity index is 663. The molecule has 20 heavy (non-hydrogen) atoms. The van der Waals surface area contributed by atoms with Crippen LogP contribution in [-0.4, -0.2) is 32.2 Å². The summed E-state index contributed by atoms with van der Waals surface area (Å²) in [6, 6.07) is 1.67. The molecule has 9 heteroatoms. The molecule has 0 saturated heterocycles. The van der Waals surface area contributed by atoms with Gasteiger partial charge in [-0.25, -0.2) is 13.1 Å². The van der Waals surface area contributed by atoms with E-state index in [4.69, 9.17) is 4.52 Å². The highest BCUT2D eigenvalue weighted by atomic mass is 32.2. The van der Waals surface area contributed by atoms with E-state index in [1.807, 2.05) is 7.05 Å². The summed E-state index contributed by atoms with van der Waals surface area (Å²) < 4.78 is 31.5. The molecule has 0 unspecified atom stereocenters. The number of nitrogens with one attached hydrogen (secondary N) is 2. The Hall–Kier alpha value is -1.29. The Morgan fingerprint density at radius 2 is 2.25 bits per heavy atom. The summed E-state index contributed by atoms with van der Waals surface area (Å²) >= 11 is 1.41. The van der Waals surface area contributed by atoms with Gasteiger partial charge in [0.15, 0.2) is 5.82 Å². The number of thiophene rings is 1. The van der Waals surface area contributed by atoms with Crippen molar-refractivity contribution in [2.75, 3.05) is 13.6 Å². The summed E-state index contributed by atoms with van der Waals surface area (Å²) in [6.45, 7) is 2.59. The second kappa shape index (κ2) is 6.44. The minimum absolute atomic E-state index is 0.223. The molecular weight excluding hydrogens is 300 g/mol. The van der Waals surface area contributed by atoms with E-state index in [1.54, 1.807) is 18.4 Å². The van der Waals surface area contributed by atoms with E-state index >= 15 is 0 Å². The van der Waals surface area contributed by atoms with E-state index in [0.717, 1.165) is 4.88 Å². The zero-order valence-corrected chi connectivity index (χ0v) is 12.8.